The number of aromatic nitrogens is 4. The van der Waals surface area contributed by atoms with Gasteiger partial charge in [0.05, 0.1) is 26.7 Å². The van der Waals surface area contributed by atoms with Crippen molar-refractivity contribution in [2.75, 3.05) is 19.5 Å². The Labute approximate surface area is 189 Å². The number of imidazole rings is 1. The summed E-state index contributed by atoms with van der Waals surface area (Å²) >= 11 is 3.51. The van der Waals surface area contributed by atoms with Crippen molar-refractivity contribution >= 4 is 38.9 Å². The van der Waals surface area contributed by atoms with Gasteiger partial charge in [-0.25, -0.2) is 4.98 Å². The van der Waals surface area contributed by atoms with Gasteiger partial charge in [-0.1, -0.05) is 43.5 Å². The highest BCUT2D eigenvalue weighted by atomic mass is 79.9. The summed E-state index contributed by atoms with van der Waals surface area (Å²) in [5.74, 6) is 0.567. The summed E-state index contributed by atoms with van der Waals surface area (Å²) in [5.41, 5.74) is 9.18. The van der Waals surface area contributed by atoms with E-state index in [0.717, 1.165) is 11.1 Å². The Morgan fingerprint density at radius 2 is 1.97 bits per heavy atom. The van der Waals surface area contributed by atoms with Gasteiger partial charge in [0.1, 0.15) is 0 Å². The quantitative estimate of drug-likeness (QED) is 0.397. The van der Waals surface area contributed by atoms with Crippen molar-refractivity contribution in [2.24, 2.45) is 5.92 Å². The molecule has 1 aliphatic rings. The van der Waals surface area contributed by atoms with Crippen LogP contribution in [0.1, 0.15) is 43.2 Å². The number of rotatable bonds is 7. The topological polar surface area (TPSA) is 105 Å². The summed E-state index contributed by atoms with van der Waals surface area (Å²) in [4.78, 5) is 25.0. The molecular weight excluding hydrogens is 462 g/mol. The molecule has 1 saturated carbocycles. The molecule has 0 unspecified atom stereocenters. The molecular formula is C22H26BrN5O3. The van der Waals surface area contributed by atoms with Crippen molar-refractivity contribution in [2.45, 2.75) is 45.1 Å². The van der Waals surface area contributed by atoms with Crippen LogP contribution in [0.25, 0.3) is 11.2 Å². The van der Waals surface area contributed by atoms with Crippen LogP contribution in [-0.2, 0) is 22.5 Å². The molecule has 0 bridgehead atoms. The van der Waals surface area contributed by atoms with Gasteiger partial charge in [0, 0.05) is 0 Å². The molecule has 164 valence electrons. The van der Waals surface area contributed by atoms with Crippen molar-refractivity contribution in [3.8, 4) is 6.01 Å². The van der Waals surface area contributed by atoms with Crippen molar-refractivity contribution in [3.05, 3.63) is 40.1 Å². The van der Waals surface area contributed by atoms with E-state index < -0.39 is 0 Å². The maximum absolute atomic E-state index is 11.6. The van der Waals surface area contributed by atoms with Gasteiger partial charge >= 0.3 is 12.0 Å². The van der Waals surface area contributed by atoms with Gasteiger partial charge in [-0.15, -0.1) is 0 Å². The number of esters is 1. The molecule has 0 radical (unpaired) electrons. The molecule has 4 rings (SSSR count). The molecule has 2 N–H and O–H groups in total. The highest BCUT2D eigenvalue weighted by molar-refractivity contribution is 9.10. The lowest BCUT2D eigenvalue weighted by Crippen LogP contribution is -2.16. The van der Waals surface area contributed by atoms with Gasteiger partial charge in [0.15, 0.2) is 21.7 Å². The maximum Gasteiger partial charge on any atom is 0.320 e. The first-order valence-electron chi connectivity index (χ1n) is 10.5. The second-order valence-corrected chi connectivity index (χ2v) is 8.63. The zero-order chi connectivity index (χ0) is 21.8. The molecule has 9 heteroatoms. The third-order valence-corrected chi connectivity index (χ3v) is 6.24. The number of halogens is 1. The predicted octanol–water partition coefficient (Wildman–Crippen LogP) is 3.89. The number of hydrogen-bond acceptors (Lipinski definition) is 7. The first kappa shape index (κ1) is 21.5. The third kappa shape index (κ3) is 5.15. The second kappa shape index (κ2) is 9.64. The van der Waals surface area contributed by atoms with E-state index in [1.165, 1.54) is 39.2 Å². The molecule has 0 atom stereocenters. The lowest BCUT2D eigenvalue weighted by atomic mass is 9.90. The summed E-state index contributed by atoms with van der Waals surface area (Å²) in [6, 6.07) is 8.06. The van der Waals surface area contributed by atoms with Gasteiger partial charge < -0.3 is 15.2 Å². The van der Waals surface area contributed by atoms with Gasteiger partial charge in [0.25, 0.3) is 0 Å². The van der Waals surface area contributed by atoms with E-state index in [2.05, 4.69) is 30.9 Å². The highest BCUT2D eigenvalue weighted by Gasteiger charge is 2.19. The van der Waals surface area contributed by atoms with Gasteiger partial charge in [-0.05, 0) is 45.8 Å². The minimum Gasteiger partial charge on any atom is -0.469 e. The normalized spacial score (nSPS) is 14.6. The van der Waals surface area contributed by atoms with E-state index in [1.54, 1.807) is 0 Å². The number of carbonyl (C=O) groups is 1. The Morgan fingerprint density at radius 3 is 2.74 bits per heavy atom. The molecule has 3 aromatic rings. The summed E-state index contributed by atoms with van der Waals surface area (Å²) in [6.07, 6.45) is 6.41. The Hall–Kier alpha value is -2.68. The minimum atomic E-state index is -0.272. The van der Waals surface area contributed by atoms with Crippen LogP contribution in [0.2, 0.25) is 0 Å². The van der Waals surface area contributed by atoms with Gasteiger partial charge in [-0.2, -0.15) is 9.97 Å². The number of fused-ring (bicyclic) bond motifs is 1. The van der Waals surface area contributed by atoms with Crippen LogP contribution < -0.4 is 10.5 Å². The fraction of sp³-hybridized carbons (Fsp3) is 0.455. The Morgan fingerprint density at radius 1 is 1.19 bits per heavy atom. The lowest BCUT2D eigenvalue weighted by Gasteiger charge is -2.21. The second-order valence-electron chi connectivity index (χ2n) is 7.92. The van der Waals surface area contributed by atoms with Gasteiger partial charge in [0.2, 0.25) is 0 Å². The average molecular weight is 488 g/mol. The van der Waals surface area contributed by atoms with E-state index in [-0.39, 0.29) is 18.4 Å². The molecule has 2 aromatic heterocycles. The predicted molar refractivity (Wildman–Crippen MR) is 121 cm³/mol. The number of nitrogens with zero attached hydrogens (tertiary/aromatic N) is 4. The number of benzene rings is 1. The number of anilines is 1. The molecule has 8 nitrogen and oxygen atoms in total. The molecule has 2 heterocycles. The third-order valence-electron chi connectivity index (χ3n) is 5.64. The maximum atomic E-state index is 11.6. The molecule has 0 saturated heterocycles. The highest BCUT2D eigenvalue weighted by Crippen LogP contribution is 2.27. The fourth-order valence-corrected chi connectivity index (χ4v) is 4.46. The van der Waals surface area contributed by atoms with E-state index in [4.69, 9.17) is 15.2 Å². The van der Waals surface area contributed by atoms with Crippen molar-refractivity contribution in [1.82, 2.24) is 19.5 Å². The van der Waals surface area contributed by atoms with E-state index in [0.29, 0.717) is 40.8 Å². The molecule has 31 heavy (non-hydrogen) atoms. The minimum absolute atomic E-state index is 0.227. The zero-order valence-corrected chi connectivity index (χ0v) is 19.1. The summed E-state index contributed by atoms with van der Waals surface area (Å²) in [5, 5.41) is 0. The first-order valence-corrected chi connectivity index (χ1v) is 11.3. The fourth-order valence-electron chi connectivity index (χ4n) is 3.98. The number of carbonyl (C=O) groups excluding carboxylic acids is 1. The smallest absolute Gasteiger partial charge is 0.320 e. The average Bonchev–Trinajstić information content (AvgIpc) is 3.09. The van der Waals surface area contributed by atoms with Crippen LogP contribution in [0.5, 0.6) is 6.01 Å². The Kier molecular flexibility index (Phi) is 6.70. The number of nitrogen functional groups attached to an aromatic ring is 1. The Balaban J connectivity index is 1.57. The van der Waals surface area contributed by atoms with Crippen molar-refractivity contribution in [1.29, 1.82) is 0 Å². The zero-order valence-electron chi connectivity index (χ0n) is 17.5. The molecule has 0 aliphatic heterocycles. The van der Waals surface area contributed by atoms with Crippen LogP contribution in [0.4, 0.5) is 5.82 Å². The first-order chi connectivity index (χ1) is 15.0. The van der Waals surface area contributed by atoms with Crippen molar-refractivity contribution in [3.63, 3.8) is 0 Å². The van der Waals surface area contributed by atoms with Crippen LogP contribution in [-0.4, -0.2) is 39.2 Å². The summed E-state index contributed by atoms with van der Waals surface area (Å²) in [6.45, 7) is 1.11. The van der Waals surface area contributed by atoms with Gasteiger partial charge in [-0.3, -0.25) is 9.36 Å². The summed E-state index contributed by atoms with van der Waals surface area (Å²) in [7, 11) is 1.39. The molecule has 1 fully saturated rings. The monoisotopic (exact) mass is 487 g/mol. The Bertz CT molecular complexity index is 1080. The SMILES string of the molecule is COC(=O)Cc1cccc(Cn2c(Br)nc3c(N)nc(OCC4CCCCC4)nc32)c1. The lowest BCUT2D eigenvalue weighted by molar-refractivity contribution is -0.139. The van der Waals surface area contributed by atoms with Crippen LogP contribution >= 0.6 is 15.9 Å². The largest absolute Gasteiger partial charge is 0.469 e. The van der Waals surface area contributed by atoms with E-state index in [1.807, 2.05) is 28.8 Å². The number of nitrogens with two attached hydrogens (primary N) is 1. The molecule has 1 aromatic carbocycles. The number of hydrogen-bond donors (Lipinski definition) is 1. The van der Waals surface area contributed by atoms with Crippen molar-refractivity contribution < 1.29 is 14.3 Å². The molecule has 0 spiro atoms. The van der Waals surface area contributed by atoms with Crippen LogP contribution in [0, 0.1) is 5.92 Å². The number of methoxy groups -OCH3 is 1. The summed E-state index contributed by atoms with van der Waals surface area (Å²) < 4.78 is 13.2. The van der Waals surface area contributed by atoms with E-state index in [9.17, 15) is 4.79 Å². The molecule has 1 aliphatic carbocycles. The molecule has 0 amide bonds. The van der Waals surface area contributed by atoms with E-state index >= 15 is 0 Å². The van der Waals surface area contributed by atoms with Crippen LogP contribution in [0.3, 0.4) is 0 Å². The number of ether oxygens (including phenoxy) is 2. The van der Waals surface area contributed by atoms with Crippen LogP contribution in [0.15, 0.2) is 29.0 Å². The standard InChI is InChI=1S/C22H26BrN5O3/c1-30-17(29)11-15-8-5-9-16(10-15)12-28-20-18(25-21(28)23)19(24)26-22(27-20)31-13-14-6-3-2-4-7-14/h5,8-10,14H,2-4,6-7,11-13H2,1H3,(H2,24,26,27).